The predicted octanol–water partition coefficient (Wildman–Crippen LogP) is 1.19. The van der Waals surface area contributed by atoms with Crippen molar-refractivity contribution in [2.75, 3.05) is 13.2 Å². The number of carbonyl (C=O) groups is 1. The Kier molecular flexibility index (Phi) is 4.43. The van der Waals surface area contributed by atoms with Crippen LogP contribution in [0.4, 0.5) is 0 Å². The number of carbonyl (C=O) groups excluding carboxylic acids is 1. The number of aromatic nitrogens is 6. The minimum atomic E-state index is -0.303. The molecule has 128 valence electrons. The van der Waals surface area contributed by atoms with Crippen molar-refractivity contribution in [3.8, 4) is 0 Å². The van der Waals surface area contributed by atoms with Crippen LogP contribution < -0.4 is 0 Å². The molecular weight excluding hydrogens is 312 g/mol. The van der Waals surface area contributed by atoms with Gasteiger partial charge in [-0.3, -0.25) is 4.79 Å². The predicted molar refractivity (Wildman–Crippen MR) is 85.5 cm³/mol. The molecule has 0 aromatic carbocycles. The van der Waals surface area contributed by atoms with Gasteiger partial charge >= 0.3 is 5.97 Å². The Balaban J connectivity index is 2.16. The van der Waals surface area contributed by atoms with Crippen molar-refractivity contribution in [2.45, 2.75) is 40.8 Å². The van der Waals surface area contributed by atoms with Crippen molar-refractivity contribution in [1.82, 2.24) is 29.6 Å². The van der Waals surface area contributed by atoms with Gasteiger partial charge in [-0.15, -0.1) is 5.10 Å². The molecule has 0 atom stereocenters. The number of imidazole rings is 1. The average molecular weight is 332 g/mol. The fourth-order valence-electron chi connectivity index (χ4n) is 2.75. The maximum atomic E-state index is 11.1. The molecule has 0 unspecified atom stereocenters. The molecule has 0 saturated carbocycles. The van der Waals surface area contributed by atoms with Crippen LogP contribution in [0.15, 0.2) is 0 Å². The highest BCUT2D eigenvalue weighted by Crippen LogP contribution is 2.26. The van der Waals surface area contributed by atoms with Gasteiger partial charge in [0.15, 0.2) is 0 Å². The maximum absolute atomic E-state index is 11.1. The number of nitrogens with zero attached hydrogens (tertiary/aromatic N) is 6. The number of tetrazole rings is 1. The molecule has 0 N–H and O–H groups in total. The first-order valence-corrected chi connectivity index (χ1v) is 7.82. The van der Waals surface area contributed by atoms with Crippen LogP contribution in [-0.2, 0) is 27.4 Å². The number of hydrogen-bond acceptors (Lipinski definition) is 7. The van der Waals surface area contributed by atoms with E-state index in [4.69, 9.17) is 9.47 Å². The fraction of sp³-hybridized carbons (Fsp3) is 0.533. The summed E-state index contributed by atoms with van der Waals surface area (Å²) in [7, 11) is 0. The Morgan fingerprint density at radius 3 is 2.79 bits per heavy atom. The summed E-state index contributed by atoms with van der Waals surface area (Å²) >= 11 is 0. The summed E-state index contributed by atoms with van der Waals surface area (Å²) in [6, 6.07) is 0. The lowest BCUT2D eigenvalue weighted by atomic mass is 10.2. The minimum absolute atomic E-state index is 0.272. The lowest BCUT2D eigenvalue weighted by molar-refractivity contribution is -0.141. The van der Waals surface area contributed by atoms with Crippen LogP contribution >= 0.6 is 0 Å². The molecule has 0 aliphatic carbocycles. The first-order chi connectivity index (χ1) is 11.5. The van der Waals surface area contributed by atoms with Crippen LogP contribution in [0.3, 0.4) is 0 Å². The summed E-state index contributed by atoms with van der Waals surface area (Å²) in [5, 5.41) is 11.9. The van der Waals surface area contributed by atoms with E-state index in [9.17, 15) is 4.79 Å². The van der Waals surface area contributed by atoms with E-state index in [0.29, 0.717) is 25.4 Å². The number of pyridine rings is 1. The van der Waals surface area contributed by atoms with E-state index in [2.05, 4.69) is 20.5 Å². The second kappa shape index (κ2) is 6.52. The van der Waals surface area contributed by atoms with Gasteiger partial charge < -0.3 is 14.0 Å². The van der Waals surface area contributed by atoms with Gasteiger partial charge in [0.1, 0.15) is 24.6 Å². The third-order valence-electron chi connectivity index (χ3n) is 4.00. The smallest absolute Gasteiger partial charge is 0.302 e. The molecule has 0 aliphatic rings. The highest BCUT2D eigenvalue weighted by molar-refractivity contribution is 5.91. The number of hydrogen-bond donors (Lipinski definition) is 0. The number of ether oxygens (including phenoxy) is 2. The van der Waals surface area contributed by atoms with E-state index in [1.165, 1.54) is 6.92 Å². The molecule has 3 aromatic heterocycles. The van der Waals surface area contributed by atoms with Crippen LogP contribution in [0.2, 0.25) is 0 Å². The lowest BCUT2D eigenvalue weighted by Crippen LogP contribution is -2.13. The largest absolute Gasteiger partial charge is 0.464 e. The van der Waals surface area contributed by atoms with E-state index in [1.54, 1.807) is 4.52 Å². The summed E-state index contributed by atoms with van der Waals surface area (Å²) in [4.78, 5) is 15.7. The van der Waals surface area contributed by atoms with Crippen molar-refractivity contribution >= 4 is 22.6 Å². The van der Waals surface area contributed by atoms with E-state index in [1.807, 2.05) is 25.3 Å². The standard InChI is InChI=1S/C15H20N6O3/c1-5-23-8-12-16-13-14(20(12)6-7-24-11(4)22)9(2)10(3)21-15(13)17-18-19-21/h5-8H2,1-4H3. The van der Waals surface area contributed by atoms with Crippen LogP contribution in [0.5, 0.6) is 0 Å². The molecule has 0 radical (unpaired) electrons. The van der Waals surface area contributed by atoms with Gasteiger partial charge in [0.25, 0.3) is 0 Å². The number of fused-ring (bicyclic) bond motifs is 3. The van der Waals surface area contributed by atoms with Crippen molar-refractivity contribution < 1.29 is 14.3 Å². The molecule has 3 heterocycles. The maximum Gasteiger partial charge on any atom is 0.302 e. The van der Waals surface area contributed by atoms with Crippen LogP contribution in [-0.4, -0.2) is 48.8 Å². The highest BCUT2D eigenvalue weighted by Gasteiger charge is 2.20. The monoisotopic (exact) mass is 332 g/mol. The van der Waals surface area contributed by atoms with Crippen LogP contribution in [0.25, 0.3) is 16.7 Å². The van der Waals surface area contributed by atoms with Gasteiger partial charge in [-0.1, -0.05) is 0 Å². The molecule has 0 spiro atoms. The first kappa shape index (κ1) is 16.3. The van der Waals surface area contributed by atoms with Crippen molar-refractivity contribution in [1.29, 1.82) is 0 Å². The van der Waals surface area contributed by atoms with Crippen molar-refractivity contribution in [2.24, 2.45) is 0 Å². The molecule has 0 aliphatic heterocycles. The Hall–Kier alpha value is -2.55. The SMILES string of the molecule is CCOCc1nc2c(c(C)c(C)n3nnnc23)n1CCOC(C)=O. The molecule has 3 rings (SSSR count). The third-order valence-corrected chi connectivity index (χ3v) is 4.00. The summed E-state index contributed by atoms with van der Waals surface area (Å²) in [5.74, 6) is 0.459. The second-order valence-electron chi connectivity index (χ2n) is 5.48. The van der Waals surface area contributed by atoms with E-state index >= 15 is 0 Å². The third kappa shape index (κ3) is 2.71. The van der Waals surface area contributed by atoms with E-state index < -0.39 is 0 Å². The zero-order chi connectivity index (χ0) is 17.3. The van der Waals surface area contributed by atoms with Gasteiger partial charge in [-0.2, -0.15) is 4.52 Å². The topological polar surface area (TPSA) is 96.4 Å². The molecule has 0 fully saturated rings. The minimum Gasteiger partial charge on any atom is -0.464 e. The van der Waals surface area contributed by atoms with E-state index in [0.717, 1.165) is 28.1 Å². The van der Waals surface area contributed by atoms with Crippen LogP contribution in [0.1, 0.15) is 30.9 Å². The zero-order valence-corrected chi connectivity index (χ0v) is 14.2. The number of esters is 1. The number of aryl methyl sites for hydroxylation is 2. The molecule has 0 bridgehead atoms. The lowest BCUT2D eigenvalue weighted by Gasteiger charge is -2.12. The quantitative estimate of drug-likeness (QED) is 0.625. The summed E-state index contributed by atoms with van der Waals surface area (Å²) in [6.07, 6.45) is 0. The molecular formula is C15H20N6O3. The molecule has 9 nitrogen and oxygen atoms in total. The molecule has 9 heteroatoms. The molecule has 3 aromatic rings. The van der Waals surface area contributed by atoms with Crippen molar-refractivity contribution in [3.05, 3.63) is 17.1 Å². The van der Waals surface area contributed by atoms with Gasteiger partial charge in [0.2, 0.25) is 5.65 Å². The zero-order valence-electron chi connectivity index (χ0n) is 14.2. The van der Waals surface area contributed by atoms with Gasteiger partial charge in [-0.25, -0.2) is 4.98 Å². The normalized spacial score (nSPS) is 11.5. The average Bonchev–Trinajstić information content (AvgIpc) is 3.15. The summed E-state index contributed by atoms with van der Waals surface area (Å²) in [5.41, 5.74) is 4.25. The summed E-state index contributed by atoms with van der Waals surface area (Å²) < 4.78 is 14.3. The molecule has 0 saturated heterocycles. The second-order valence-corrected chi connectivity index (χ2v) is 5.48. The number of rotatable bonds is 6. The summed E-state index contributed by atoms with van der Waals surface area (Å²) in [6.45, 7) is 9.03. The van der Waals surface area contributed by atoms with Gasteiger partial charge in [-0.05, 0) is 36.8 Å². The van der Waals surface area contributed by atoms with Gasteiger partial charge in [0, 0.05) is 19.2 Å². The van der Waals surface area contributed by atoms with Crippen molar-refractivity contribution in [3.63, 3.8) is 0 Å². The Labute approximate surface area is 138 Å². The Morgan fingerprint density at radius 1 is 1.29 bits per heavy atom. The Morgan fingerprint density at radius 2 is 2.08 bits per heavy atom. The Bertz CT molecular complexity index is 898. The van der Waals surface area contributed by atoms with E-state index in [-0.39, 0.29) is 12.6 Å². The van der Waals surface area contributed by atoms with Gasteiger partial charge in [0.05, 0.1) is 12.1 Å². The highest BCUT2D eigenvalue weighted by atomic mass is 16.5. The first-order valence-electron chi connectivity index (χ1n) is 7.82. The molecule has 24 heavy (non-hydrogen) atoms. The molecule has 0 amide bonds. The van der Waals surface area contributed by atoms with Crippen LogP contribution in [0, 0.1) is 13.8 Å². The fourth-order valence-corrected chi connectivity index (χ4v) is 2.75.